The Balaban J connectivity index is 1.02. The van der Waals surface area contributed by atoms with E-state index in [0.29, 0.717) is 5.02 Å². The predicted molar refractivity (Wildman–Crippen MR) is 508 cm³/mol. The Morgan fingerprint density at radius 2 is 1.21 bits per heavy atom. The molecule has 7 aromatic rings. The summed E-state index contributed by atoms with van der Waals surface area (Å²) in [5.74, 6) is -20.0. The van der Waals surface area contributed by atoms with Crippen LogP contribution in [0, 0.1) is 11.3 Å². The lowest BCUT2D eigenvalue weighted by molar-refractivity contribution is -0.335. The van der Waals surface area contributed by atoms with Crippen LogP contribution in [0.5, 0.6) is 46.0 Å². The number of nitrogens with two attached hydrogens (primary N) is 2. The second-order valence-corrected chi connectivity index (χ2v) is 42.9. The Morgan fingerprint density at radius 1 is 0.632 bits per heavy atom. The highest BCUT2D eigenvalue weighted by Gasteiger charge is 2.55. The van der Waals surface area contributed by atoms with Crippen molar-refractivity contribution in [2.75, 3.05) is 13.7 Å². The molecule has 8 heterocycles. The molecular weight excluding hydrogens is 2000 g/mol. The third kappa shape index (κ3) is 25.7. The first kappa shape index (κ1) is 110. The van der Waals surface area contributed by atoms with Crippen molar-refractivity contribution >= 4 is 109 Å². The van der Waals surface area contributed by atoms with Gasteiger partial charge in [-0.1, -0.05) is 117 Å². The molecule has 22 unspecified atom stereocenters. The normalized spacial score (nSPS) is 27.7. The number of benzene rings is 7. The zero-order chi connectivity index (χ0) is 105. The average molecular weight is 2110 g/mol. The number of aliphatic hydroxyl groups is 5. The first-order chi connectivity index (χ1) is 67.5. The Kier molecular flexibility index (Phi) is 34.0. The third-order valence-electron chi connectivity index (χ3n) is 25.3. The average Bonchev–Trinajstić information content (AvgIpc) is 0.757. The van der Waals surface area contributed by atoms with Crippen molar-refractivity contribution < 1.29 is 165 Å². The van der Waals surface area contributed by atoms with E-state index in [0.717, 1.165) is 89.5 Å². The second-order valence-electron chi connectivity index (χ2n) is 37.9. The molecule has 11 bridgehead atoms. The number of aliphatic hydroxyl groups excluding tert-OH is 5. The molecule has 22 atom stereocenters. The summed E-state index contributed by atoms with van der Waals surface area (Å²) in [5, 5.41) is 130. The molecule has 0 aromatic heterocycles. The fourth-order valence-corrected chi connectivity index (χ4v) is 20.6. The van der Waals surface area contributed by atoms with Crippen LogP contribution in [0.15, 0.2) is 127 Å². The number of carbonyl (C=O) groups excluding carboxylic acids is 9. The van der Waals surface area contributed by atoms with E-state index in [9.17, 15) is 98.6 Å². The summed E-state index contributed by atoms with van der Waals surface area (Å²) in [6, 6.07) is 12.8. The van der Waals surface area contributed by atoms with Crippen LogP contribution in [0.4, 0.5) is 0 Å². The Bertz CT molecular complexity index is 6120. The smallest absolute Gasteiger partial charge is 0.360 e. The molecule has 144 heavy (non-hydrogen) atoms. The van der Waals surface area contributed by atoms with Crippen molar-refractivity contribution in [1.82, 2.24) is 47.9 Å². The van der Waals surface area contributed by atoms with Gasteiger partial charge in [-0.2, -0.15) is 0 Å². The summed E-state index contributed by atoms with van der Waals surface area (Å²) in [5.41, 5.74) is 4.19. The van der Waals surface area contributed by atoms with Gasteiger partial charge in [0.1, 0.15) is 96.1 Å². The molecule has 8 aliphatic heterocycles. The number of primary amides is 1. The molecule has 7 aromatic carbocycles. The third-order valence-corrected chi connectivity index (χ3v) is 29.5. The number of phenolic OH excluding ortho intramolecular Hbond substituents is 3. The van der Waals surface area contributed by atoms with Gasteiger partial charge in [0, 0.05) is 64.7 Å². The fourth-order valence-electron chi connectivity index (χ4n) is 17.8. The summed E-state index contributed by atoms with van der Waals surface area (Å²) in [6.45, 7) is 11.2. The monoisotopic (exact) mass is 2110 g/mol. The summed E-state index contributed by atoms with van der Waals surface area (Å²) >= 11 is 21.0. The van der Waals surface area contributed by atoms with Gasteiger partial charge in [-0.05, 0) is 158 Å². The number of likely N-dealkylation sites (N-methyl/N-ethyl adjacent to an activating group) is 1. The molecule has 0 spiro atoms. The van der Waals surface area contributed by atoms with Crippen molar-refractivity contribution in [2.45, 2.75) is 239 Å². The van der Waals surface area contributed by atoms with Crippen molar-refractivity contribution in [1.29, 1.82) is 0 Å². The van der Waals surface area contributed by atoms with E-state index >= 15 is 24.0 Å². The van der Waals surface area contributed by atoms with Crippen LogP contribution >= 0.6 is 50.0 Å². The van der Waals surface area contributed by atoms with Gasteiger partial charge in [0.15, 0.2) is 36.2 Å². The van der Waals surface area contributed by atoms with Gasteiger partial charge >= 0.3 is 27.1 Å². The molecular formula is C94H112Cl3N11O34P2. The number of halogens is 3. The first-order valence-corrected chi connectivity index (χ1v) is 49.8. The lowest BCUT2D eigenvalue weighted by Gasteiger charge is -2.48. The largest absolute Gasteiger partial charge is 0.508 e. The number of amides is 8. The van der Waals surface area contributed by atoms with Gasteiger partial charge < -0.3 is 167 Å². The number of esters is 1. The summed E-state index contributed by atoms with van der Waals surface area (Å²) in [7, 11) is -10.0. The molecule has 0 radical (unpaired) electrons. The molecule has 0 saturated carbocycles. The van der Waals surface area contributed by atoms with E-state index in [2.05, 4.69) is 42.5 Å². The van der Waals surface area contributed by atoms with Gasteiger partial charge in [0.05, 0.1) is 53.3 Å². The van der Waals surface area contributed by atoms with Gasteiger partial charge in [0.2, 0.25) is 64.8 Å². The van der Waals surface area contributed by atoms with E-state index in [1.807, 2.05) is 36.4 Å². The number of aromatic hydroxyl groups is 3. The molecule has 3 fully saturated rings. The van der Waals surface area contributed by atoms with E-state index in [4.69, 9.17) is 88.9 Å². The minimum atomic E-state index is -5.73. The van der Waals surface area contributed by atoms with Crippen molar-refractivity contribution in [3.63, 3.8) is 0 Å². The topological polar surface area (TPSA) is 711 Å². The van der Waals surface area contributed by atoms with Crippen LogP contribution in [-0.2, 0) is 92.0 Å². The highest BCUT2D eigenvalue weighted by Crippen LogP contribution is 2.59. The number of hydrogen-bond donors (Lipinski definition) is 24. The zero-order valence-electron chi connectivity index (χ0n) is 78.6. The van der Waals surface area contributed by atoms with E-state index in [1.165, 1.54) is 47.7 Å². The summed E-state index contributed by atoms with van der Waals surface area (Å²) in [6.07, 6.45) is -27.0. The molecule has 8 amide bonds. The number of carboxylic acids is 1. The van der Waals surface area contributed by atoms with Gasteiger partial charge in [-0.3, -0.25) is 52.3 Å². The van der Waals surface area contributed by atoms with Gasteiger partial charge in [0.25, 0.3) is 0 Å². The van der Waals surface area contributed by atoms with Crippen LogP contribution in [0.2, 0.25) is 15.1 Å². The number of carboxylic acid groups (broad SMARTS) is 1. The van der Waals surface area contributed by atoms with Crippen molar-refractivity contribution in [3.05, 3.63) is 176 Å². The van der Waals surface area contributed by atoms with Crippen LogP contribution in [0.3, 0.4) is 0 Å². The molecule has 26 N–H and O–H groups in total. The molecule has 778 valence electrons. The zero-order valence-corrected chi connectivity index (χ0v) is 82.6. The highest BCUT2D eigenvalue weighted by atomic mass is 35.5. The number of ether oxygens (including phenoxy) is 9. The molecule has 15 rings (SSSR count). The summed E-state index contributed by atoms with van der Waals surface area (Å²) < 4.78 is 83.7. The number of hydrogen-bond acceptors (Lipinski definition) is 32. The highest BCUT2D eigenvalue weighted by molar-refractivity contribution is 7.70. The fraction of sp³-hybridized carbons (Fsp3) is 0.447. The van der Waals surface area contributed by atoms with Crippen LogP contribution in [0.1, 0.15) is 158 Å². The molecule has 8 aliphatic rings. The predicted octanol–water partition coefficient (Wildman–Crippen LogP) is 4.61. The van der Waals surface area contributed by atoms with Crippen LogP contribution in [0.25, 0.3) is 22.3 Å². The maximum absolute atomic E-state index is 16.8. The number of aliphatic carboxylic acids is 1. The van der Waals surface area contributed by atoms with Crippen LogP contribution < -0.4 is 73.5 Å². The van der Waals surface area contributed by atoms with Gasteiger partial charge in [-0.15, -0.1) is 0 Å². The molecule has 0 aliphatic carbocycles. The minimum Gasteiger partial charge on any atom is -0.508 e. The maximum Gasteiger partial charge on any atom is 0.360 e. The standard InChI is InChI=1S/C94H112Cl3N11O34P2/c1-39(2)24-55(100-9)83(120)107-73-75(115)46-17-22-59(53(96)26-46)137-61-28-48-29-62(79(61)142-90-80(77(117)76(116)63(139-90)38-134-66(114)34-92(5,6)33-65(113)103-91(143(128,129)130)144(131,132)133)141-68-36-94(8,82(119)41(4)136-68)101-37-42-10-12-43(13-11-42)44-14-19-49(95)20-15-44)138-60-23-18-47(27-54(60)97)78(140-67-35-93(7,99)81(118)40(3)135-67)74-88(125)106-72(89(126)127)52-30-50(109)31-58(111)69(52)51-25-45(16-21-57(51)110)70(85(122)108-74)105-86(123)71(48)104-84(121)56(32-64(98)112)102-87(73)124/h10-23,25-31,39-41,55-56,63,67-68,70-78,80-82,90-91,100-101,109-111,115-119H,24,32-38,99H2,1-9H3,(H2,98,112)(H,102,124)(H,103,113)(H,104,121)(H,105,123)(H,106,125)(H,107,120)(H,108,122)(H,126,127)(H2,128,129,130)(H2,131,132,133). The number of carbonyl (C=O) groups is 10. The molecule has 45 nitrogen and oxygen atoms in total. The lowest BCUT2D eigenvalue weighted by atomic mass is 9.84. The van der Waals surface area contributed by atoms with Crippen LogP contribution in [-0.4, -0.2) is 247 Å². The Morgan fingerprint density at radius 3 is 1.80 bits per heavy atom. The lowest BCUT2D eigenvalue weighted by Crippen LogP contribution is -2.65. The second kappa shape index (κ2) is 44.6. The number of phenols is 3. The summed E-state index contributed by atoms with van der Waals surface area (Å²) in [4.78, 5) is 189. The van der Waals surface area contributed by atoms with E-state index in [-0.39, 0.29) is 36.4 Å². The van der Waals surface area contributed by atoms with Crippen molar-refractivity contribution in [3.8, 4) is 68.2 Å². The quantitative estimate of drug-likeness (QED) is 0.0247. The number of nitrogens with one attached hydrogen (secondary N) is 9. The first-order valence-electron chi connectivity index (χ1n) is 45.3. The minimum absolute atomic E-state index is 0.0961. The molecule has 3 saturated heterocycles. The van der Waals surface area contributed by atoms with Gasteiger partial charge in [-0.25, -0.2) is 4.79 Å². The SMILES string of the molecule is CNC(CC(C)C)C(=O)NC1C(=O)NC(CC(N)=O)C(=O)NC2C(=O)NC3C(=O)NC(C(=O)NC(C(=O)O)c4cc(O)cc(O)c4-c4cc3ccc4O)C(OC3CC(C)(N)C(O)C(C)O3)c3ccc(c(Cl)c3)Oc3cc2cc(c3OC2OC(COC(=O)CC(C)(C)CC(=O)NC(P(=O)(O)O)P(=O)(O)O)C(O)C(O)C2OC2CC(C)(NCc3ccc(-c4ccc(Cl)cc4)cc3)C(O)C(C)O2)Oc2ccc(cc2Cl)C1O. The number of rotatable bonds is 27. The van der Waals surface area contributed by atoms with E-state index < -0.39 is 335 Å². The Hall–Kier alpha value is -11.3. The Labute approximate surface area is 837 Å². The number of fused-ring (bicyclic) bond motifs is 15. The van der Waals surface area contributed by atoms with E-state index in [1.54, 1.807) is 38.2 Å². The van der Waals surface area contributed by atoms with Crippen molar-refractivity contribution in [2.24, 2.45) is 22.8 Å². The maximum atomic E-state index is 16.8. The molecule has 50 heteroatoms.